The smallest absolute Gasteiger partial charge is 0.0137 e. The molecule has 0 spiro atoms. The third-order valence-corrected chi connectivity index (χ3v) is 7.76. The first-order valence-corrected chi connectivity index (χ1v) is 7.74. The molecule has 0 nitrogen and oxygen atoms in total. The Hall–Kier alpha value is -0.0900. The van der Waals surface area contributed by atoms with Crippen molar-refractivity contribution in [1.82, 2.24) is 0 Å². The van der Waals surface area contributed by atoms with E-state index in [1.807, 2.05) is 0 Å². The first-order chi connectivity index (χ1) is 7.11. The summed E-state index contributed by atoms with van der Waals surface area (Å²) >= 11 is 0. The fraction of sp³-hybridized carbons (Fsp3) is 0.714. The van der Waals surface area contributed by atoms with E-state index in [-0.39, 0.29) is 7.92 Å². The average molecular weight is 222 g/mol. The summed E-state index contributed by atoms with van der Waals surface area (Å²) < 4.78 is 0. The predicted octanol–water partition coefficient (Wildman–Crippen LogP) is 4.77. The van der Waals surface area contributed by atoms with E-state index >= 15 is 0 Å². The second kappa shape index (κ2) is 4.42. The van der Waals surface area contributed by atoms with Gasteiger partial charge in [0.2, 0.25) is 0 Å². The highest BCUT2D eigenvalue weighted by molar-refractivity contribution is 7.65. The summed E-state index contributed by atoms with van der Waals surface area (Å²) in [5.41, 5.74) is 2.00. The largest absolute Gasteiger partial charge is 0.0801 e. The Morgan fingerprint density at radius 2 is 1.73 bits per heavy atom. The molecule has 1 aliphatic heterocycles. The van der Waals surface area contributed by atoms with Gasteiger partial charge in [0.1, 0.15) is 0 Å². The third-order valence-electron chi connectivity index (χ3n) is 3.79. The van der Waals surface area contributed by atoms with Crippen molar-refractivity contribution in [2.24, 2.45) is 11.8 Å². The van der Waals surface area contributed by atoms with Crippen LogP contribution in [0.1, 0.15) is 40.5 Å². The number of rotatable bonds is 3. The maximum Gasteiger partial charge on any atom is -0.0137 e. The first-order valence-electron chi connectivity index (χ1n) is 6.26. The van der Waals surface area contributed by atoms with Crippen LogP contribution in [0.2, 0.25) is 0 Å². The standard InChI is InChI=1S/C14H23P/c1-10(2)13-9-14(11(3)4)15(13)12-7-5-6-8-12/h5,7-8,10-11,13-14H,6,9H2,1-4H3/t13-,14-/m0/s1. The Morgan fingerprint density at radius 1 is 1.13 bits per heavy atom. The van der Waals surface area contributed by atoms with Crippen molar-refractivity contribution in [2.45, 2.75) is 51.9 Å². The summed E-state index contributed by atoms with van der Waals surface area (Å²) in [5, 5.41) is 1.70. The van der Waals surface area contributed by atoms with Crippen molar-refractivity contribution in [2.75, 3.05) is 0 Å². The summed E-state index contributed by atoms with van der Waals surface area (Å²) in [7, 11) is 0.170. The highest BCUT2D eigenvalue weighted by Crippen LogP contribution is 2.69. The molecule has 0 saturated carbocycles. The van der Waals surface area contributed by atoms with Crippen LogP contribution in [0.25, 0.3) is 0 Å². The number of hydrogen-bond acceptors (Lipinski definition) is 0. The number of allylic oxidation sites excluding steroid dienone is 4. The van der Waals surface area contributed by atoms with E-state index in [9.17, 15) is 0 Å². The lowest BCUT2D eigenvalue weighted by Crippen LogP contribution is -2.37. The molecular weight excluding hydrogens is 199 g/mol. The summed E-state index contributed by atoms with van der Waals surface area (Å²) in [5.74, 6) is 1.75. The molecule has 0 amide bonds. The van der Waals surface area contributed by atoms with Crippen LogP contribution in [0.3, 0.4) is 0 Å². The maximum atomic E-state index is 2.47. The van der Waals surface area contributed by atoms with E-state index in [2.05, 4.69) is 45.9 Å². The van der Waals surface area contributed by atoms with Crippen LogP contribution in [0, 0.1) is 11.8 Å². The van der Waals surface area contributed by atoms with E-state index in [0.29, 0.717) is 0 Å². The van der Waals surface area contributed by atoms with Gasteiger partial charge in [-0.3, -0.25) is 0 Å². The van der Waals surface area contributed by atoms with Gasteiger partial charge >= 0.3 is 0 Å². The van der Waals surface area contributed by atoms with Crippen LogP contribution in [0.15, 0.2) is 23.5 Å². The van der Waals surface area contributed by atoms with Crippen LogP contribution < -0.4 is 0 Å². The van der Waals surface area contributed by atoms with Gasteiger partial charge in [0.25, 0.3) is 0 Å². The minimum atomic E-state index is 0.170. The quantitative estimate of drug-likeness (QED) is 0.604. The molecule has 15 heavy (non-hydrogen) atoms. The van der Waals surface area contributed by atoms with Crippen molar-refractivity contribution >= 4 is 7.92 Å². The van der Waals surface area contributed by atoms with Gasteiger partial charge in [0.15, 0.2) is 0 Å². The maximum absolute atomic E-state index is 2.47. The van der Waals surface area contributed by atoms with Gasteiger partial charge in [0, 0.05) is 0 Å². The van der Waals surface area contributed by atoms with Crippen molar-refractivity contribution in [3.05, 3.63) is 23.5 Å². The predicted molar refractivity (Wildman–Crippen MR) is 70.6 cm³/mol. The SMILES string of the molecule is CC(C)[C@@H]1C[C@@H](C(C)C)P1C1=CCC=C1. The van der Waals surface area contributed by atoms with Crippen LogP contribution in [0.5, 0.6) is 0 Å². The molecule has 0 unspecified atom stereocenters. The van der Waals surface area contributed by atoms with Crippen LogP contribution in [-0.4, -0.2) is 11.3 Å². The molecule has 0 aromatic heterocycles. The summed E-state index contributed by atoms with van der Waals surface area (Å²) in [4.78, 5) is 0. The second-order valence-corrected chi connectivity index (χ2v) is 8.19. The Balaban J connectivity index is 2.11. The fourth-order valence-corrected chi connectivity index (χ4v) is 6.44. The van der Waals surface area contributed by atoms with Crippen molar-refractivity contribution < 1.29 is 0 Å². The lowest BCUT2D eigenvalue weighted by molar-refractivity contribution is 0.447. The first kappa shape index (κ1) is 11.4. The van der Waals surface area contributed by atoms with Crippen LogP contribution in [0.4, 0.5) is 0 Å². The second-order valence-electron chi connectivity index (χ2n) is 5.53. The molecule has 0 aromatic carbocycles. The molecule has 1 heterocycles. The zero-order valence-electron chi connectivity index (χ0n) is 10.4. The molecule has 2 rings (SSSR count). The van der Waals surface area contributed by atoms with E-state index < -0.39 is 0 Å². The van der Waals surface area contributed by atoms with Crippen molar-refractivity contribution in [3.63, 3.8) is 0 Å². The zero-order valence-corrected chi connectivity index (χ0v) is 11.3. The molecule has 0 aromatic rings. The highest BCUT2D eigenvalue weighted by Gasteiger charge is 2.44. The van der Waals surface area contributed by atoms with E-state index in [0.717, 1.165) is 23.2 Å². The van der Waals surface area contributed by atoms with Gasteiger partial charge in [0.05, 0.1) is 0 Å². The molecule has 2 atom stereocenters. The lowest BCUT2D eigenvalue weighted by atomic mass is 9.98. The summed E-state index contributed by atoms with van der Waals surface area (Å²) in [6.07, 6.45) is 9.85. The van der Waals surface area contributed by atoms with E-state index in [1.54, 1.807) is 5.31 Å². The van der Waals surface area contributed by atoms with Crippen LogP contribution >= 0.6 is 7.92 Å². The van der Waals surface area contributed by atoms with Crippen molar-refractivity contribution in [3.8, 4) is 0 Å². The monoisotopic (exact) mass is 222 g/mol. The third kappa shape index (κ3) is 2.07. The lowest BCUT2D eigenvalue weighted by Gasteiger charge is -2.50. The minimum absolute atomic E-state index is 0.170. The molecule has 0 bridgehead atoms. The molecule has 0 N–H and O–H groups in total. The zero-order chi connectivity index (χ0) is 11.0. The Labute approximate surface area is 95.6 Å². The molecule has 1 aliphatic carbocycles. The Kier molecular flexibility index (Phi) is 3.36. The van der Waals surface area contributed by atoms with E-state index in [4.69, 9.17) is 0 Å². The summed E-state index contributed by atoms with van der Waals surface area (Å²) in [6, 6.07) is 0. The Morgan fingerprint density at radius 3 is 2.13 bits per heavy atom. The molecule has 1 saturated heterocycles. The average Bonchev–Trinajstić information content (AvgIpc) is 2.53. The van der Waals surface area contributed by atoms with Crippen molar-refractivity contribution in [1.29, 1.82) is 0 Å². The minimum Gasteiger partial charge on any atom is -0.0801 e. The fourth-order valence-electron chi connectivity index (χ4n) is 2.79. The molecule has 1 fully saturated rings. The van der Waals surface area contributed by atoms with Gasteiger partial charge < -0.3 is 0 Å². The molecule has 84 valence electrons. The molecule has 1 heteroatoms. The van der Waals surface area contributed by atoms with Gasteiger partial charge in [-0.15, -0.1) is 0 Å². The van der Waals surface area contributed by atoms with E-state index in [1.165, 1.54) is 12.8 Å². The summed E-state index contributed by atoms with van der Waals surface area (Å²) in [6.45, 7) is 9.59. The number of hydrogen-bond donors (Lipinski definition) is 0. The van der Waals surface area contributed by atoms with Gasteiger partial charge in [-0.25, -0.2) is 0 Å². The molecular formula is C14H23P. The molecule has 0 radical (unpaired) electrons. The van der Waals surface area contributed by atoms with Crippen LogP contribution in [-0.2, 0) is 0 Å². The van der Waals surface area contributed by atoms with Gasteiger partial charge in [-0.05, 0) is 41.3 Å². The normalized spacial score (nSPS) is 31.2. The topological polar surface area (TPSA) is 0 Å². The highest BCUT2D eigenvalue weighted by atomic mass is 31.1. The van der Waals surface area contributed by atoms with Gasteiger partial charge in [-0.1, -0.05) is 53.8 Å². The van der Waals surface area contributed by atoms with Gasteiger partial charge in [-0.2, -0.15) is 0 Å². The Bertz CT molecular complexity index is 272. The molecule has 2 aliphatic rings.